The van der Waals surface area contributed by atoms with Gasteiger partial charge >= 0.3 is 0 Å². The maximum absolute atomic E-state index is 11.5. The summed E-state index contributed by atoms with van der Waals surface area (Å²) in [6.45, 7) is 12.6. The minimum absolute atomic E-state index is 0.00130. The molecule has 2 amide bonds. The van der Waals surface area contributed by atoms with Crippen LogP contribution in [0.5, 0.6) is 0 Å². The summed E-state index contributed by atoms with van der Waals surface area (Å²) < 4.78 is 125. The molecule has 9 saturated heterocycles. The molecule has 590 valence electrons. The van der Waals surface area contributed by atoms with Crippen molar-refractivity contribution >= 4 is 11.8 Å². The van der Waals surface area contributed by atoms with Gasteiger partial charge < -0.3 is 146 Å². The molecule has 3 aromatic rings. The number of nitrogens with zero attached hydrogens (tertiary/aromatic N) is 9. The molecule has 0 radical (unpaired) electrons. The van der Waals surface area contributed by atoms with Crippen LogP contribution in [-0.2, 0) is 149 Å². The number of hydrogen-bond donors (Lipinski definition) is 9. The van der Waals surface area contributed by atoms with E-state index in [1.807, 2.05) is 0 Å². The second kappa shape index (κ2) is 40.1. The average Bonchev–Trinajstić information content (AvgIpc) is 1.46. The number of nitrogens with two attached hydrogens (primary N) is 1. The normalized spacial score (nSPS) is 30.7. The molecule has 9 aliphatic heterocycles. The minimum Gasteiger partial charge on any atom is -0.389 e. The van der Waals surface area contributed by atoms with Crippen LogP contribution in [0, 0.1) is 5.92 Å². The van der Waals surface area contributed by atoms with Crippen molar-refractivity contribution in [1.29, 1.82) is 0 Å². The van der Waals surface area contributed by atoms with E-state index in [0.717, 1.165) is 0 Å². The highest BCUT2D eigenvalue weighted by Crippen LogP contribution is 2.66. The summed E-state index contributed by atoms with van der Waals surface area (Å²) in [5.74, 6) is -1.08. The third-order valence-corrected chi connectivity index (χ3v) is 18.4. The number of carbonyl (C=O) groups is 2. The Kier molecular flexibility index (Phi) is 31.5. The molecule has 0 aromatic carbocycles. The molecule has 13 rings (SSSR count). The van der Waals surface area contributed by atoms with Gasteiger partial charge in [-0.15, -0.1) is 15.3 Å². The fourth-order valence-corrected chi connectivity index (χ4v) is 12.7. The van der Waals surface area contributed by atoms with Crippen molar-refractivity contribution < 1.29 is 140 Å². The lowest BCUT2D eigenvalue weighted by molar-refractivity contribution is -0.370. The molecule has 104 heavy (non-hydrogen) atoms. The summed E-state index contributed by atoms with van der Waals surface area (Å²) >= 11 is 0. The number of amides is 2. The molecule has 3 aromatic heterocycles. The van der Waals surface area contributed by atoms with Gasteiger partial charge in [0.15, 0.2) is 30.1 Å². The van der Waals surface area contributed by atoms with Crippen molar-refractivity contribution in [3.8, 4) is 0 Å². The molecule has 1 unspecified atom stereocenters. The Morgan fingerprint density at radius 1 is 0.490 bits per heavy atom. The zero-order valence-electron chi connectivity index (χ0n) is 59.1. The van der Waals surface area contributed by atoms with Crippen LogP contribution in [0.25, 0.3) is 0 Å². The van der Waals surface area contributed by atoms with Gasteiger partial charge in [-0.05, 0) is 0 Å². The number of ether oxygens (including phenoxy) is 21. The molecule has 41 nitrogen and oxygen atoms in total. The van der Waals surface area contributed by atoms with Crippen LogP contribution in [0.4, 0.5) is 0 Å². The molecule has 16 atom stereocenters. The fraction of sp³-hybridized carbons (Fsp3) is 0.873. The van der Waals surface area contributed by atoms with E-state index in [1.54, 1.807) is 39.6 Å². The van der Waals surface area contributed by atoms with Crippen molar-refractivity contribution in [2.45, 2.75) is 156 Å². The van der Waals surface area contributed by atoms with E-state index in [-0.39, 0.29) is 123 Å². The first-order chi connectivity index (χ1) is 50.3. The van der Waals surface area contributed by atoms with Crippen LogP contribution < -0.4 is 16.4 Å². The highest BCUT2D eigenvalue weighted by atomic mass is 16.8. The van der Waals surface area contributed by atoms with Gasteiger partial charge in [-0.25, -0.2) is 14.0 Å². The zero-order chi connectivity index (χ0) is 73.4. The Morgan fingerprint density at radius 2 is 0.827 bits per heavy atom. The number of hydrogen-bond acceptors (Lipinski definition) is 36. The molecule has 1 aliphatic carbocycles. The Balaban J connectivity index is 0.557. The molecule has 8 bridgehead atoms. The minimum atomic E-state index is -1.73. The van der Waals surface area contributed by atoms with Gasteiger partial charge in [0.05, 0.1) is 261 Å². The highest BCUT2D eigenvalue weighted by Gasteiger charge is 2.90. The topological polar surface area (TPSA) is 492 Å². The van der Waals surface area contributed by atoms with Crippen molar-refractivity contribution in [1.82, 2.24) is 55.6 Å². The molecule has 41 heteroatoms. The van der Waals surface area contributed by atoms with Gasteiger partial charge in [0.25, 0.3) is 0 Å². The van der Waals surface area contributed by atoms with E-state index < -0.39 is 95.5 Å². The van der Waals surface area contributed by atoms with Crippen molar-refractivity contribution in [2.24, 2.45) is 11.7 Å². The molecule has 12 heterocycles. The van der Waals surface area contributed by atoms with Crippen LogP contribution in [0.3, 0.4) is 0 Å². The number of aliphatic hydroxyl groups excluding tert-OH is 3. The lowest BCUT2D eigenvalue weighted by Crippen LogP contribution is -2.76. The largest absolute Gasteiger partial charge is 0.389 e. The molecular formula is C63H104N12O29. The Hall–Kier alpha value is -4.76. The van der Waals surface area contributed by atoms with Crippen LogP contribution in [0.15, 0.2) is 18.6 Å². The number of nitrogens with one attached hydrogen (secondary N) is 2. The van der Waals surface area contributed by atoms with Crippen LogP contribution >= 0.6 is 0 Å². The summed E-state index contributed by atoms with van der Waals surface area (Å²) in [6.07, 6.45) is -2.82. The first-order valence-corrected chi connectivity index (χ1v) is 35.1. The SMILES string of the molecule is CC(=O)N[C@H]1[C@H]2OC[C@@](O)([C@@H]1O)[C@@H](COCCOCCOCCOCCn1cc(COCC(N)(COCc3cn(CCOCCOCCOCCOC[C@H]4O[C@@H]5OC[C@@]4(O)[C@H](O)[C@H]5NC(C)=O)nn3)COCc3cn(CCOCCOCCOCCOC[C@]45O[C@@H]6OC4[C@@]5(O)[C@H](O)[C@H]6C)nn3)nn1)O2. The predicted molar refractivity (Wildman–Crippen MR) is 345 cm³/mol. The quantitative estimate of drug-likeness (QED) is 0.0237. The molecule has 10 fully saturated rings. The maximum atomic E-state index is 11.5. The van der Waals surface area contributed by atoms with E-state index in [9.17, 15) is 40.2 Å². The van der Waals surface area contributed by atoms with Crippen molar-refractivity contribution in [2.75, 3.05) is 192 Å². The summed E-state index contributed by atoms with van der Waals surface area (Å²) in [6, 6.07) is -1.77. The van der Waals surface area contributed by atoms with Gasteiger partial charge in [-0.1, -0.05) is 22.6 Å². The summed E-state index contributed by atoms with van der Waals surface area (Å²) in [7, 11) is 0. The zero-order valence-corrected chi connectivity index (χ0v) is 59.1. The van der Waals surface area contributed by atoms with Crippen molar-refractivity contribution in [3.05, 3.63) is 35.7 Å². The smallest absolute Gasteiger partial charge is 0.217 e. The summed E-state index contributed by atoms with van der Waals surface area (Å²) in [4.78, 5) is 23.1. The van der Waals surface area contributed by atoms with Gasteiger partial charge in [0, 0.05) is 19.8 Å². The Morgan fingerprint density at radius 3 is 1.18 bits per heavy atom. The maximum Gasteiger partial charge on any atom is 0.217 e. The number of fused-ring (bicyclic) bond motifs is 7. The molecule has 10 aliphatic rings. The van der Waals surface area contributed by atoms with E-state index in [1.165, 1.54) is 13.8 Å². The highest BCUT2D eigenvalue weighted by molar-refractivity contribution is 5.73. The standard InChI is InChI=1S/C63H104N12O29/c1-42-52(78)63(83)58-62(63,104-55(42)103-58)41-95-27-24-92-21-18-89-15-12-86-9-6-75-30-47(69-72-75)33-98-38-59(64,36-96-31-45-28-73(70-67-45)4-7-84-10-13-87-16-19-90-22-25-93-34-48-60(81)39-99-56(101-48)50(53(60)79)65-43(2)76)37-97-32-46-29-74(71-68-46)5-8-85-11-14-88-17-20-91-23-26-94-35-49-61(82)40-100-57(102-49)51(54(61)80)66-44(3)77/h28-30,42,48-58,78-83H,4-27,31-41,64H2,1-3H3,(H,65,76)(H,66,77)/t42-,48-,49-,50-,51-,52-,53-,54-,55+,56+,57+,58?,60+,61+,62+,63+/m1/s1. The van der Waals surface area contributed by atoms with Gasteiger partial charge in [-0.2, -0.15) is 0 Å². The average molecular weight is 1490 g/mol. The van der Waals surface area contributed by atoms with E-state index in [2.05, 4.69) is 41.6 Å². The molecule has 0 spiro atoms. The van der Waals surface area contributed by atoms with Crippen LogP contribution in [-0.4, -0.2) is 375 Å². The third kappa shape index (κ3) is 22.0. The fourth-order valence-electron chi connectivity index (χ4n) is 12.7. The lowest BCUT2D eigenvalue weighted by atomic mass is 9.81. The lowest BCUT2D eigenvalue weighted by Gasteiger charge is -2.54. The Bertz CT molecular complexity index is 2890. The van der Waals surface area contributed by atoms with Gasteiger partial charge in [0.1, 0.15) is 70.9 Å². The van der Waals surface area contributed by atoms with Gasteiger partial charge in [-0.3, -0.25) is 9.59 Å². The monoisotopic (exact) mass is 1490 g/mol. The predicted octanol–water partition coefficient (Wildman–Crippen LogP) is -6.75. The number of rotatable bonds is 56. The molecule has 1 saturated carbocycles. The first kappa shape index (κ1) is 81.8. The second-order valence-electron chi connectivity index (χ2n) is 26.4. The second-order valence-corrected chi connectivity index (χ2v) is 26.4. The molecule has 10 N–H and O–H groups in total. The summed E-state index contributed by atoms with van der Waals surface area (Å²) in [5.41, 5.74) is 1.57. The van der Waals surface area contributed by atoms with E-state index >= 15 is 0 Å². The van der Waals surface area contributed by atoms with E-state index in [4.69, 9.17) is 105 Å². The number of carbonyl (C=O) groups excluding carboxylic acids is 2. The number of aromatic nitrogens is 9. The Labute approximate surface area is 600 Å². The first-order valence-electron chi connectivity index (χ1n) is 35.1. The third-order valence-electron chi connectivity index (χ3n) is 18.4. The number of aliphatic hydroxyl groups is 6. The summed E-state index contributed by atoms with van der Waals surface area (Å²) in [5, 5.41) is 95.1. The molecular weight excluding hydrogens is 1390 g/mol. The van der Waals surface area contributed by atoms with Crippen LogP contribution in [0.2, 0.25) is 0 Å². The van der Waals surface area contributed by atoms with Crippen LogP contribution in [0.1, 0.15) is 37.9 Å². The van der Waals surface area contributed by atoms with Crippen molar-refractivity contribution in [3.63, 3.8) is 0 Å². The van der Waals surface area contributed by atoms with Gasteiger partial charge in [0.2, 0.25) is 11.8 Å². The van der Waals surface area contributed by atoms with E-state index in [0.29, 0.717) is 142 Å².